The van der Waals surface area contributed by atoms with Crippen LogP contribution in [0.1, 0.15) is 49.1 Å². The maximum atomic E-state index is 13.8. The van der Waals surface area contributed by atoms with Crippen LogP contribution in [-0.2, 0) is 26.4 Å². The van der Waals surface area contributed by atoms with Crippen molar-refractivity contribution in [1.29, 1.82) is 0 Å². The van der Waals surface area contributed by atoms with Crippen molar-refractivity contribution in [2.45, 2.75) is 63.6 Å². The molecule has 0 aliphatic carbocycles. The summed E-state index contributed by atoms with van der Waals surface area (Å²) in [5, 5.41) is 15.7. The number of likely N-dealkylation sites (tertiary alicyclic amines) is 1. The summed E-state index contributed by atoms with van der Waals surface area (Å²) >= 11 is 1.52. The van der Waals surface area contributed by atoms with E-state index in [0.717, 1.165) is 10.4 Å². The minimum Gasteiger partial charge on any atom is -0.384 e. The number of amides is 3. The summed E-state index contributed by atoms with van der Waals surface area (Å²) in [7, 11) is 3.18. The van der Waals surface area contributed by atoms with Gasteiger partial charge in [-0.2, -0.15) is 0 Å². The number of carbonyl (C=O) groups is 3. The van der Waals surface area contributed by atoms with Crippen LogP contribution in [0.5, 0.6) is 0 Å². The highest BCUT2D eigenvalue weighted by atomic mass is 32.1. The molecule has 4 aromatic rings. The van der Waals surface area contributed by atoms with Crippen LogP contribution in [0, 0.1) is 6.92 Å². The first-order chi connectivity index (χ1) is 23.3. The fourth-order valence-electron chi connectivity index (χ4n) is 5.79. The minimum absolute atomic E-state index is 0.150. The Labute approximate surface area is 294 Å². The van der Waals surface area contributed by atoms with E-state index in [2.05, 4.69) is 49.4 Å². The van der Waals surface area contributed by atoms with Crippen LogP contribution in [0.25, 0.3) is 10.8 Å². The first kappa shape index (κ1) is 37.5. The van der Waals surface area contributed by atoms with Crippen molar-refractivity contribution in [2.75, 3.05) is 33.7 Å². The summed E-state index contributed by atoms with van der Waals surface area (Å²) < 4.78 is 0. The number of rotatable bonds is 10. The van der Waals surface area contributed by atoms with Gasteiger partial charge < -0.3 is 25.5 Å². The summed E-state index contributed by atoms with van der Waals surface area (Å²) in [5.41, 5.74) is 6.86. The number of aliphatic hydroxyl groups is 1. The average molecular weight is 683 g/mol. The summed E-state index contributed by atoms with van der Waals surface area (Å²) in [6.45, 7) is 6.52. The zero-order chi connectivity index (χ0) is 35.6. The predicted octanol–water partition coefficient (Wildman–Crippen LogP) is 5.92. The molecule has 3 aromatic carbocycles. The second-order valence-corrected chi connectivity index (χ2v) is 14.6. The third-order valence-corrected chi connectivity index (χ3v) is 9.92. The molecule has 3 amide bonds. The molecule has 1 saturated heterocycles. The van der Waals surface area contributed by atoms with E-state index in [1.54, 1.807) is 25.1 Å². The molecule has 1 aliphatic rings. The quantitative estimate of drug-likeness (QED) is 0.202. The SMILES string of the molecule is CN(CC(=O)N(C)C(Cc1ccccc1)C(=O)N1CCC(O)(c2cccs2)CC1)C(=O)/C=C/CC(C)(C)N.Cc1ccc2ccccc2c1. The van der Waals surface area contributed by atoms with E-state index in [1.165, 1.54) is 43.5 Å². The van der Waals surface area contributed by atoms with Crippen molar-refractivity contribution in [2.24, 2.45) is 5.73 Å². The Bertz CT molecular complexity index is 1710. The lowest BCUT2D eigenvalue weighted by Gasteiger charge is -2.40. The van der Waals surface area contributed by atoms with Gasteiger partial charge in [-0.1, -0.05) is 90.5 Å². The molecule has 1 aliphatic heterocycles. The second-order valence-electron chi connectivity index (χ2n) is 13.7. The van der Waals surface area contributed by atoms with E-state index < -0.39 is 17.2 Å². The molecule has 3 N–H and O–H groups in total. The Hall–Kier alpha value is -4.31. The molecule has 1 unspecified atom stereocenters. The number of piperidine rings is 1. The van der Waals surface area contributed by atoms with Gasteiger partial charge in [0, 0.05) is 44.0 Å². The van der Waals surface area contributed by atoms with Gasteiger partial charge >= 0.3 is 0 Å². The topological polar surface area (TPSA) is 107 Å². The van der Waals surface area contributed by atoms with Crippen LogP contribution < -0.4 is 5.73 Å². The standard InChI is InChI=1S/C29H40N4O4S.C11H10/c1-28(2,30)14-8-13-25(34)31(3)21-26(35)32(4)23(20-22-10-6-5-7-11-22)27(36)33-17-15-29(37,16-18-33)24-12-9-19-38-24;1-9-6-7-10-4-2-3-5-11(10)8-9/h5-13,19,23,37H,14-18,20-21,30H2,1-4H3;2-8H,1H3/b13-8+;. The zero-order valence-corrected chi connectivity index (χ0v) is 30.2. The van der Waals surface area contributed by atoms with Crippen LogP contribution in [-0.4, -0.2) is 82.8 Å². The predicted molar refractivity (Wildman–Crippen MR) is 199 cm³/mol. The third-order valence-electron chi connectivity index (χ3n) is 8.86. The number of nitrogens with zero attached hydrogens (tertiary/aromatic N) is 3. The fourth-order valence-corrected chi connectivity index (χ4v) is 6.67. The Kier molecular flexibility index (Phi) is 12.9. The second kappa shape index (κ2) is 16.9. The largest absolute Gasteiger partial charge is 0.384 e. The lowest BCUT2D eigenvalue weighted by Crippen LogP contribution is -2.55. The molecule has 1 fully saturated rings. The van der Waals surface area contributed by atoms with Gasteiger partial charge in [-0.25, -0.2) is 0 Å². The van der Waals surface area contributed by atoms with Crippen LogP contribution >= 0.6 is 11.3 Å². The maximum Gasteiger partial charge on any atom is 0.246 e. The first-order valence-corrected chi connectivity index (χ1v) is 17.6. The average Bonchev–Trinajstić information content (AvgIpc) is 3.63. The Balaban J connectivity index is 0.000000411. The highest BCUT2D eigenvalue weighted by Crippen LogP contribution is 2.35. The van der Waals surface area contributed by atoms with Gasteiger partial charge in [-0.3, -0.25) is 14.4 Å². The number of likely N-dealkylation sites (N-methyl/N-ethyl adjacent to an activating group) is 2. The highest BCUT2D eigenvalue weighted by Gasteiger charge is 2.39. The lowest BCUT2D eigenvalue weighted by molar-refractivity contribution is -0.148. The molecular weight excluding hydrogens is 633 g/mol. The summed E-state index contributed by atoms with van der Waals surface area (Å²) in [4.78, 5) is 45.0. The molecule has 0 bridgehead atoms. The van der Waals surface area contributed by atoms with Crippen molar-refractivity contribution in [3.8, 4) is 0 Å². The van der Waals surface area contributed by atoms with Crippen molar-refractivity contribution in [3.63, 3.8) is 0 Å². The van der Waals surface area contributed by atoms with Crippen molar-refractivity contribution >= 4 is 39.8 Å². The minimum atomic E-state index is -0.933. The Morgan fingerprint density at radius 2 is 1.61 bits per heavy atom. The number of hydrogen-bond donors (Lipinski definition) is 2. The number of carbonyl (C=O) groups excluding carboxylic acids is 3. The highest BCUT2D eigenvalue weighted by molar-refractivity contribution is 7.10. The van der Waals surface area contributed by atoms with Gasteiger partial charge in [0.05, 0.1) is 6.54 Å². The van der Waals surface area contributed by atoms with Gasteiger partial charge in [0.1, 0.15) is 11.6 Å². The monoisotopic (exact) mass is 682 g/mol. The summed E-state index contributed by atoms with van der Waals surface area (Å²) in [5.74, 6) is -0.780. The van der Waals surface area contributed by atoms with E-state index in [1.807, 2.05) is 61.7 Å². The van der Waals surface area contributed by atoms with Gasteiger partial charge in [0.2, 0.25) is 17.7 Å². The van der Waals surface area contributed by atoms with E-state index in [-0.39, 0.29) is 24.3 Å². The zero-order valence-electron chi connectivity index (χ0n) is 29.3. The van der Waals surface area contributed by atoms with Crippen molar-refractivity contribution < 1.29 is 19.5 Å². The molecule has 1 aromatic heterocycles. The molecule has 0 spiro atoms. The van der Waals surface area contributed by atoms with E-state index in [9.17, 15) is 19.5 Å². The molecule has 0 radical (unpaired) electrons. The summed E-state index contributed by atoms with van der Waals surface area (Å²) in [6, 6.07) is 27.6. The van der Waals surface area contributed by atoms with Gasteiger partial charge in [-0.15, -0.1) is 11.3 Å². The van der Waals surface area contributed by atoms with E-state index in [0.29, 0.717) is 38.8 Å². The third kappa shape index (κ3) is 10.8. The molecule has 8 nitrogen and oxygen atoms in total. The molecule has 9 heteroatoms. The molecule has 260 valence electrons. The van der Waals surface area contributed by atoms with Gasteiger partial charge in [0.15, 0.2) is 0 Å². The smallest absolute Gasteiger partial charge is 0.246 e. The van der Waals surface area contributed by atoms with Crippen molar-refractivity contribution in [3.05, 3.63) is 118 Å². The fraction of sp³-hybridized carbons (Fsp3) is 0.375. The van der Waals surface area contributed by atoms with Gasteiger partial charge in [-0.05, 0) is 73.9 Å². The van der Waals surface area contributed by atoms with Crippen LogP contribution in [0.4, 0.5) is 0 Å². The van der Waals surface area contributed by atoms with Crippen LogP contribution in [0.3, 0.4) is 0 Å². The summed E-state index contributed by atoms with van der Waals surface area (Å²) in [6.07, 6.45) is 4.91. The number of aryl methyl sites for hydroxylation is 1. The first-order valence-electron chi connectivity index (χ1n) is 16.8. The normalized spacial score (nSPS) is 15.0. The number of fused-ring (bicyclic) bond motifs is 1. The van der Waals surface area contributed by atoms with E-state index in [4.69, 9.17) is 5.73 Å². The maximum absolute atomic E-state index is 13.8. The lowest BCUT2D eigenvalue weighted by atomic mass is 9.89. The number of hydrogen-bond acceptors (Lipinski definition) is 6. The Morgan fingerprint density at radius 1 is 0.959 bits per heavy atom. The number of benzene rings is 3. The molecule has 0 saturated carbocycles. The van der Waals surface area contributed by atoms with Crippen LogP contribution in [0.15, 0.2) is 102 Å². The number of nitrogens with two attached hydrogens (primary N) is 1. The molecule has 49 heavy (non-hydrogen) atoms. The Morgan fingerprint density at radius 3 is 2.24 bits per heavy atom. The molecule has 5 rings (SSSR count). The molecular formula is C40H50N4O4S. The molecule has 1 atom stereocenters. The van der Waals surface area contributed by atoms with Crippen LogP contribution in [0.2, 0.25) is 0 Å². The van der Waals surface area contributed by atoms with Crippen molar-refractivity contribution in [1.82, 2.24) is 14.7 Å². The molecule has 2 heterocycles. The van der Waals surface area contributed by atoms with Gasteiger partial charge in [0.25, 0.3) is 0 Å². The van der Waals surface area contributed by atoms with E-state index >= 15 is 0 Å². The number of thiophene rings is 1.